The van der Waals surface area contributed by atoms with Crippen LogP contribution in [0.25, 0.3) is 0 Å². The first kappa shape index (κ1) is 10.7. The summed E-state index contributed by atoms with van der Waals surface area (Å²) in [6, 6.07) is 0.851. The number of nitrogens with zero attached hydrogens (tertiary/aromatic N) is 1. The molecule has 0 aliphatic carbocycles. The third-order valence-corrected chi connectivity index (χ3v) is 2.35. The normalized spacial score (nSPS) is 27.6. The Bertz CT molecular complexity index is 85.3. The van der Waals surface area contributed by atoms with E-state index in [0.29, 0.717) is 0 Å². The highest BCUT2D eigenvalue weighted by atomic mass is 127. The van der Waals surface area contributed by atoms with E-state index < -0.39 is 0 Å². The first-order chi connectivity index (χ1) is 4.34. The fourth-order valence-corrected chi connectivity index (χ4v) is 1.63. The molecular weight excluding hydrogens is 237 g/mol. The lowest BCUT2D eigenvalue weighted by Gasteiger charge is -2.31. The number of piperidine rings is 1. The quantitative estimate of drug-likeness (QED) is 0.651. The summed E-state index contributed by atoms with van der Waals surface area (Å²) >= 11 is 0. The van der Waals surface area contributed by atoms with E-state index in [2.05, 4.69) is 18.7 Å². The van der Waals surface area contributed by atoms with Crippen molar-refractivity contribution >= 4 is 24.0 Å². The van der Waals surface area contributed by atoms with E-state index in [4.69, 9.17) is 0 Å². The summed E-state index contributed by atoms with van der Waals surface area (Å²) < 4.78 is 0. The Balaban J connectivity index is 0.000000810. The molecule has 0 radical (unpaired) electrons. The van der Waals surface area contributed by atoms with Crippen LogP contribution in [0.5, 0.6) is 0 Å². The lowest BCUT2D eigenvalue weighted by Crippen LogP contribution is -2.36. The molecule has 1 aliphatic heterocycles. The zero-order valence-corrected chi connectivity index (χ0v) is 9.30. The van der Waals surface area contributed by atoms with Gasteiger partial charge in [-0.3, -0.25) is 0 Å². The number of halogens is 1. The maximum Gasteiger partial charge on any atom is 0.00668 e. The van der Waals surface area contributed by atoms with Crippen molar-refractivity contribution in [3.8, 4) is 0 Å². The highest BCUT2D eigenvalue weighted by Crippen LogP contribution is 2.14. The lowest BCUT2D eigenvalue weighted by molar-refractivity contribution is 0.169. The molecule has 10 heavy (non-hydrogen) atoms. The highest BCUT2D eigenvalue weighted by molar-refractivity contribution is 14.0. The van der Waals surface area contributed by atoms with Gasteiger partial charge in [-0.15, -0.1) is 24.0 Å². The van der Waals surface area contributed by atoms with E-state index in [9.17, 15) is 0 Å². The molecule has 0 bridgehead atoms. The lowest BCUT2D eigenvalue weighted by atomic mass is 10.0. The molecule has 0 aromatic rings. The minimum absolute atomic E-state index is 0. The number of hydrogen-bond acceptors (Lipinski definition) is 1. The third-order valence-electron chi connectivity index (χ3n) is 2.35. The number of hydrogen-bond donors (Lipinski definition) is 0. The topological polar surface area (TPSA) is 3.24 Å². The van der Waals surface area contributed by atoms with Crippen molar-refractivity contribution in [3.63, 3.8) is 0 Å². The molecule has 1 unspecified atom stereocenters. The summed E-state index contributed by atoms with van der Waals surface area (Å²) in [4.78, 5) is 2.56. The molecule has 0 N–H and O–H groups in total. The van der Waals surface area contributed by atoms with Crippen LogP contribution in [0.1, 0.15) is 33.1 Å². The molecule has 62 valence electrons. The highest BCUT2D eigenvalue weighted by Gasteiger charge is 2.14. The van der Waals surface area contributed by atoms with Crippen LogP contribution in [0, 0.1) is 0 Å². The molecule has 0 saturated carbocycles. The van der Waals surface area contributed by atoms with Gasteiger partial charge in [0.1, 0.15) is 0 Å². The summed E-state index contributed by atoms with van der Waals surface area (Å²) in [5, 5.41) is 0. The molecule has 1 heterocycles. The smallest absolute Gasteiger partial charge is 0.00668 e. The second-order valence-corrected chi connectivity index (χ2v) is 2.97. The van der Waals surface area contributed by atoms with Crippen molar-refractivity contribution in [2.45, 2.75) is 39.2 Å². The van der Waals surface area contributed by atoms with Gasteiger partial charge in [0.15, 0.2) is 0 Å². The molecule has 1 rings (SSSR count). The predicted molar refractivity (Wildman–Crippen MR) is 56.0 cm³/mol. The largest absolute Gasteiger partial charge is 0.301 e. The minimum Gasteiger partial charge on any atom is -0.301 e. The Labute approximate surface area is 81.2 Å². The van der Waals surface area contributed by atoms with Gasteiger partial charge in [0, 0.05) is 6.04 Å². The van der Waals surface area contributed by atoms with E-state index in [1.54, 1.807) is 0 Å². The fourth-order valence-electron chi connectivity index (χ4n) is 1.63. The molecule has 0 aromatic carbocycles. The summed E-state index contributed by atoms with van der Waals surface area (Å²) in [7, 11) is 0. The van der Waals surface area contributed by atoms with E-state index in [1.807, 2.05) is 0 Å². The SMILES string of the molecule is CCN1CCCCC1C.I. The van der Waals surface area contributed by atoms with Crippen molar-refractivity contribution in [2.24, 2.45) is 0 Å². The molecule has 1 atom stereocenters. The van der Waals surface area contributed by atoms with Crippen molar-refractivity contribution < 1.29 is 0 Å². The summed E-state index contributed by atoms with van der Waals surface area (Å²) in [5.74, 6) is 0. The second kappa shape index (κ2) is 5.35. The van der Waals surface area contributed by atoms with Gasteiger partial charge in [-0.1, -0.05) is 13.3 Å². The molecule has 2 heteroatoms. The van der Waals surface area contributed by atoms with Gasteiger partial charge < -0.3 is 4.90 Å². The predicted octanol–water partition coefficient (Wildman–Crippen LogP) is 2.50. The van der Waals surface area contributed by atoms with Gasteiger partial charge in [-0.25, -0.2) is 0 Å². The zero-order valence-electron chi connectivity index (χ0n) is 6.97. The number of rotatable bonds is 1. The first-order valence-electron chi connectivity index (χ1n) is 4.08. The third kappa shape index (κ3) is 2.74. The molecule has 0 aromatic heterocycles. The molecule has 1 aliphatic rings. The van der Waals surface area contributed by atoms with Gasteiger partial charge in [0.05, 0.1) is 0 Å². The summed E-state index contributed by atoms with van der Waals surface area (Å²) in [6.07, 6.45) is 4.27. The van der Waals surface area contributed by atoms with Gasteiger partial charge in [0.2, 0.25) is 0 Å². The van der Waals surface area contributed by atoms with Crippen LogP contribution in [0.3, 0.4) is 0 Å². The average Bonchev–Trinajstić information content (AvgIpc) is 1.89. The summed E-state index contributed by atoms with van der Waals surface area (Å²) in [5.41, 5.74) is 0. The maximum absolute atomic E-state index is 2.56. The van der Waals surface area contributed by atoms with Crippen LogP contribution in [-0.4, -0.2) is 24.0 Å². The van der Waals surface area contributed by atoms with E-state index in [-0.39, 0.29) is 24.0 Å². The van der Waals surface area contributed by atoms with Crippen LogP contribution in [0.15, 0.2) is 0 Å². The zero-order chi connectivity index (χ0) is 6.69. The Morgan fingerprint density at radius 2 is 2.10 bits per heavy atom. The number of likely N-dealkylation sites (tertiary alicyclic amines) is 1. The van der Waals surface area contributed by atoms with E-state index >= 15 is 0 Å². The van der Waals surface area contributed by atoms with Crippen molar-refractivity contribution in [3.05, 3.63) is 0 Å². The fraction of sp³-hybridized carbons (Fsp3) is 1.00. The van der Waals surface area contributed by atoms with Gasteiger partial charge in [-0.05, 0) is 32.9 Å². The first-order valence-corrected chi connectivity index (χ1v) is 4.08. The Morgan fingerprint density at radius 3 is 2.50 bits per heavy atom. The Morgan fingerprint density at radius 1 is 1.40 bits per heavy atom. The van der Waals surface area contributed by atoms with Crippen LogP contribution < -0.4 is 0 Å². The second-order valence-electron chi connectivity index (χ2n) is 2.97. The van der Waals surface area contributed by atoms with Crippen LogP contribution in [0.4, 0.5) is 0 Å². The van der Waals surface area contributed by atoms with E-state index in [0.717, 1.165) is 6.04 Å². The van der Waals surface area contributed by atoms with Crippen LogP contribution in [0.2, 0.25) is 0 Å². The molecule has 1 fully saturated rings. The summed E-state index contributed by atoms with van der Waals surface area (Å²) in [6.45, 7) is 7.16. The molecular formula is C8H18IN. The van der Waals surface area contributed by atoms with Gasteiger partial charge in [-0.2, -0.15) is 0 Å². The van der Waals surface area contributed by atoms with Crippen LogP contribution >= 0.6 is 24.0 Å². The van der Waals surface area contributed by atoms with Gasteiger partial charge >= 0.3 is 0 Å². The molecule has 1 saturated heterocycles. The average molecular weight is 255 g/mol. The minimum atomic E-state index is 0. The van der Waals surface area contributed by atoms with Crippen LogP contribution in [-0.2, 0) is 0 Å². The molecule has 0 amide bonds. The monoisotopic (exact) mass is 255 g/mol. The van der Waals surface area contributed by atoms with Crippen molar-refractivity contribution in [2.75, 3.05) is 13.1 Å². The Hall–Kier alpha value is 0.690. The van der Waals surface area contributed by atoms with Gasteiger partial charge in [0.25, 0.3) is 0 Å². The van der Waals surface area contributed by atoms with Crippen molar-refractivity contribution in [1.29, 1.82) is 0 Å². The van der Waals surface area contributed by atoms with Crippen molar-refractivity contribution in [1.82, 2.24) is 4.90 Å². The molecule has 0 spiro atoms. The standard InChI is InChI=1S/C8H17N.HI/c1-3-9-7-5-4-6-8(9)2;/h8H,3-7H2,1-2H3;1H. The van der Waals surface area contributed by atoms with E-state index in [1.165, 1.54) is 32.4 Å². The maximum atomic E-state index is 2.56. The Kier molecular flexibility index (Phi) is 5.72. The molecule has 1 nitrogen and oxygen atoms in total.